The highest BCUT2D eigenvalue weighted by Gasteiger charge is 2.26. The van der Waals surface area contributed by atoms with Crippen LogP contribution in [0.25, 0.3) is 11.1 Å². The van der Waals surface area contributed by atoms with Gasteiger partial charge in [-0.3, -0.25) is 9.59 Å². The lowest BCUT2D eigenvalue weighted by molar-refractivity contribution is -0.146. The summed E-state index contributed by atoms with van der Waals surface area (Å²) >= 11 is 0. The number of hydrogen-bond acceptors (Lipinski definition) is 7. The molecule has 2 aromatic carbocycles. The van der Waals surface area contributed by atoms with Gasteiger partial charge >= 0.3 is 5.97 Å². The number of aromatic nitrogens is 1. The van der Waals surface area contributed by atoms with Gasteiger partial charge in [0.15, 0.2) is 17.7 Å². The molecule has 1 aromatic heterocycles. The van der Waals surface area contributed by atoms with Crippen LogP contribution in [-0.4, -0.2) is 70.0 Å². The van der Waals surface area contributed by atoms with Gasteiger partial charge in [-0.2, -0.15) is 4.98 Å². The van der Waals surface area contributed by atoms with Crippen molar-refractivity contribution in [2.45, 2.75) is 39.8 Å². The number of pyridine rings is 1. The Morgan fingerprint density at radius 1 is 0.953 bits per heavy atom. The zero-order valence-corrected chi connectivity index (χ0v) is 24.2. The highest BCUT2D eigenvalue weighted by atomic mass is 19.1. The molecule has 0 spiro atoms. The van der Waals surface area contributed by atoms with Crippen molar-refractivity contribution in [3.63, 3.8) is 0 Å². The summed E-state index contributed by atoms with van der Waals surface area (Å²) in [4.78, 5) is 44.0. The number of halogens is 2. The first-order valence-electron chi connectivity index (χ1n) is 13.9. The molecular weight excluding hydrogens is 562 g/mol. The number of piperazine rings is 1. The number of aliphatic carboxylic acids is 1. The van der Waals surface area contributed by atoms with Crippen LogP contribution >= 0.6 is 0 Å². The van der Waals surface area contributed by atoms with Gasteiger partial charge in [0.05, 0.1) is 0 Å². The van der Waals surface area contributed by atoms with Crippen LogP contribution in [-0.2, 0) is 16.1 Å². The van der Waals surface area contributed by atoms with Gasteiger partial charge in [-0.25, -0.2) is 13.6 Å². The molecule has 0 aliphatic carbocycles. The minimum Gasteiger partial charge on any atom is -0.479 e. The Kier molecular flexibility index (Phi) is 9.92. The zero-order valence-electron chi connectivity index (χ0n) is 24.2. The molecule has 1 aliphatic rings. The molecule has 2 heterocycles. The van der Waals surface area contributed by atoms with E-state index in [0.717, 1.165) is 11.1 Å². The average molecular weight is 597 g/mol. The molecule has 1 saturated heterocycles. The summed E-state index contributed by atoms with van der Waals surface area (Å²) in [5.74, 6) is -5.48. The van der Waals surface area contributed by atoms with E-state index in [0.29, 0.717) is 37.8 Å². The standard InChI is InChI=1S/C31H34F2N4O6/c1-18(2)11-27(31(40)41)43-29-26(33)16-25(32)28(35-29)42-24-14-22(21-6-4-5-20(12-21)17-34)13-23(15-24)30(39)37-9-7-36(8-10-37)19(3)38/h4-6,12-16,18,27H,7-11,17,34H2,1-3H3,(H,40,41)/t27-/m1/s1. The SMILES string of the molecule is CC(=O)N1CCN(C(=O)c2cc(Oc3nc(O[C@H](CC(C)C)C(=O)O)c(F)cc3F)cc(-c3cccc(CN)c3)c2)CC1. The molecule has 3 aromatic rings. The second kappa shape index (κ2) is 13.6. The lowest BCUT2D eigenvalue weighted by Crippen LogP contribution is -2.50. The number of amides is 2. The number of carboxylic acids is 1. The minimum absolute atomic E-state index is 0.0299. The van der Waals surface area contributed by atoms with Crippen molar-refractivity contribution in [1.29, 1.82) is 0 Å². The topological polar surface area (TPSA) is 135 Å². The molecular formula is C31H34F2N4O6. The number of hydrogen-bond donors (Lipinski definition) is 2. The molecule has 3 N–H and O–H groups in total. The van der Waals surface area contributed by atoms with Crippen LogP contribution < -0.4 is 15.2 Å². The van der Waals surface area contributed by atoms with E-state index in [-0.39, 0.29) is 42.0 Å². The summed E-state index contributed by atoms with van der Waals surface area (Å²) in [5.41, 5.74) is 8.19. The van der Waals surface area contributed by atoms with Gasteiger partial charge in [-0.05, 0) is 53.3 Å². The molecule has 1 atom stereocenters. The maximum absolute atomic E-state index is 14.9. The summed E-state index contributed by atoms with van der Waals surface area (Å²) < 4.78 is 40.5. The minimum atomic E-state index is -1.41. The maximum atomic E-state index is 14.9. The number of carbonyl (C=O) groups is 3. The van der Waals surface area contributed by atoms with Gasteiger partial charge in [0, 0.05) is 51.3 Å². The van der Waals surface area contributed by atoms with Crippen molar-refractivity contribution < 1.29 is 37.7 Å². The third kappa shape index (κ3) is 7.83. The van der Waals surface area contributed by atoms with Crippen LogP contribution in [0.2, 0.25) is 0 Å². The molecule has 2 amide bonds. The Morgan fingerprint density at radius 3 is 2.26 bits per heavy atom. The second-order valence-electron chi connectivity index (χ2n) is 10.7. The Morgan fingerprint density at radius 2 is 1.63 bits per heavy atom. The van der Waals surface area contributed by atoms with E-state index in [4.69, 9.17) is 15.2 Å². The molecule has 4 rings (SSSR count). The predicted molar refractivity (Wildman–Crippen MR) is 154 cm³/mol. The van der Waals surface area contributed by atoms with E-state index in [1.54, 1.807) is 35.8 Å². The lowest BCUT2D eigenvalue weighted by atomic mass is 10.00. The van der Waals surface area contributed by atoms with Crippen LogP contribution in [0.4, 0.5) is 8.78 Å². The van der Waals surface area contributed by atoms with Crippen LogP contribution in [0.3, 0.4) is 0 Å². The first kappa shape index (κ1) is 31.4. The Bertz CT molecular complexity index is 1510. The summed E-state index contributed by atoms with van der Waals surface area (Å²) in [5, 5.41) is 9.50. The molecule has 0 bridgehead atoms. The molecule has 12 heteroatoms. The third-order valence-electron chi connectivity index (χ3n) is 6.96. The Balaban J connectivity index is 1.70. The number of carboxylic acid groups (broad SMARTS) is 1. The number of nitrogens with two attached hydrogens (primary N) is 1. The smallest absolute Gasteiger partial charge is 0.344 e. The predicted octanol–water partition coefficient (Wildman–Crippen LogP) is 4.46. The lowest BCUT2D eigenvalue weighted by Gasteiger charge is -2.34. The maximum Gasteiger partial charge on any atom is 0.344 e. The fourth-order valence-corrected chi connectivity index (χ4v) is 4.69. The van der Waals surface area contributed by atoms with Gasteiger partial charge in [0.2, 0.25) is 5.91 Å². The Labute approximate surface area is 248 Å². The largest absolute Gasteiger partial charge is 0.479 e. The molecule has 0 radical (unpaired) electrons. The first-order chi connectivity index (χ1) is 20.4. The molecule has 10 nitrogen and oxygen atoms in total. The van der Waals surface area contributed by atoms with Crippen LogP contribution in [0.1, 0.15) is 43.1 Å². The average Bonchev–Trinajstić information content (AvgIpc) is 2.98. The molecule has 1 fully saturated rings. The van der Waals surface area contributed by atoms with Gasteiger partial charge in [-0.1, -0.05) is 32.0 Å². The molecule has 43 heavy (non-hydrogen) atoms. The van der Waals surface area contributed by atoms with Crippen LogP contribution in [0.5, 0.6) is 17.5 Å². The number of rotatable bonds is 10. The Hall–Kier alpha value is -4.58. The van der Waals surface area contributed by atoms with Crippen LogP contribution in [0.15, 0.2) is 48.5 Å². The molecule has 0 unspecified atom stereocenters. The first-order valence-corrected chi connectivity index (χ1v) is 13.9. The number of nitrogens with zero attached hydrogens (tertiary/aromatic N) is 3. The molecule has 228 valence electrons. The van der Waals surface area contributed by atoms with Crippen LogP contribution in [0, 0.1) is 17.6 Å². The van der Waals surface area contributed by atoms with E-state index in [1.165, 1.54) is 13.0 Å². The van der Waals surface area contributed by atoms with E-state index in [2.05, 4.69) is 4.98 Å². The van der Waals surface area contributed by atoms with Gasteiger partial charge in [0.25, 0.3) is 17.7 Å². The van der Waals surface area contributed by atoms with E-state index in [1.807, 2.05) is 24.3 Å². The molecule has 1 aliphatic heterocycles. The van der Waals surface area contributed by atoms with Crippen molar-refractivity contribution in [2.75, 3.05) is 26.2 Å². The quantitative estimate of drug-likeness (QED) is 0.350. The van der Waals surface area contributed by atoms with E-state index in [9.17, 15) is 28.3 Å². The normalized spacial score (nSPS) is 14.0. The number of carbonyl (C=O) groups excluding carboxylic acids is 2. The van der Waals surface area contributed by atoms with Crippen molar-refractivity contribution in [3.05, 3.63) is 71.3 Å². The summed E-state index contributed by atoms with van der Waals surface area (Å²) in [7, 11) is 0. The molecule has 0 saturated carbocycles. The fraction of sp³-hybridized carbons (Fsp3) is 0.355. The highest BCUT2D eigenvalue weighted by molar-refractivity contribution is 5.96. The van der Waals surface area contributed by atoms with Crippen molar-refractivity contribution in [3.8, 4) is 28.6 Å². The third-order valence-corrected chi connectivity index (χ3v) is 6.96. The van der Waals surface area contributed by atoms with Gasteiger partial charge in [-0.15, -0.1) is 0 Å². The number of ether oxygens (including phenoxy) is 2. The van der Waals surface area contributed by atoms with Crippen molar-refractivity contribution in [1.82, 2.24) is 14.8 Å². The van der Waals surface area contributed by atoms with Gasteiger partial charge < -0.3 is 30.1 Å². The number of benzene rings is 2. The fourth-order valence-electron chi connectivity index (χ4n) is 4.69. The van der Waals surface area contributed by atoms with Crippen molar-refractivity contribution in [2.24, 2.45) is 11.7 Å². The van der Waals surface area contributed by atoms with E-state index >= 15 is 0 Å². The van der Waals surface area contributed by atoms with Crippen molar-refractivity contribution >= 4 is 17.8 Å². The summed E-state index contributed by atoms with van der Waals surface area (Å²) in [6, 6.07) is 12.5. The second-order valence-corrected chi connectivity index (χ2v) is 10.7. The monoisotopic (exact) mass is 596 g/mol. The van der Waals surface area contributed by atoms with Gasteiger partial charge in [0.1, 0.15) is 5.75 Å². The summed E-state index contributed by atoms with van der Waals surface area (Å²) in [6.45, 7) is 6.77. The summed E-state index contributed by atoms with van der Waals surface area (Å²) in [6.07, 6.45) is -1.34. The zero-order chi connectivity index (χ0) is 31.3. The highest BCUT2D eigenvalue weighted by Crippen LogP contribution is 2.33. The van der Waals surface area contributed by atoms with E-state index < -0.39 is 35.5 Å².